The fourth-order valence-electron chi connectivity index (χ4n) is 2.26. The molecule has 1 atom stereocenters. The molecule has 0 spiro atoms. The van der Waals surface area contributed by atoms with Gasteiger partial charge in [0.2, 0.25) is 0 Å². The molecule has 2 nitrogen and oxygen atoms in total. The summed E-state index contributed by atoms with van der Waals surface area (Å²) in [5.41, 5.74) is 2.22. The van der Waals surface area contributed by atoms with E-state index in [1.807, 2.05) is 18.4 Å². The first-order chi connectivity index (χ1) is 8.22. The van der Waals surface area contributed by atoms with Crippen molar-refractivity contribution in [2.45, 2.75) is 39.8 Å². The topological polar surface area (TPSA) is 25.2 Å². The third-order valence-electron chi connectivity index (χ3n) is 3.36. The lowest BCUT2D eigenvalue weighted by molar-refractivity contribution is 0.387. The average Bonchev–Trinajstić information content (AvgIpc) is 2.73. The van der Waals surface area contributed by atoms with Crippen molar-refractivity contribution in [3.8, 4) is 0 Å². The molecule has 17 heavy (non-hydrogen) atoms. The maximum Gasteiger partial charge on any atom is 0.134 e. The van der Waals surface area contributed by atoms with Gasteiger partial charge in [-0.15, -0.1) is 0 Å². The lowest BCUT2D eigenvalue weighted by Crippen LogP contribution is -2.32. The van der Waals surface area contributed by atoms with Gasteiger partial charge in [-0.1, -0.05) is 39.0 Å². The van der Waals surface area contributed by atoms with Gasteiger partial charge >= 0.3 is 0 Å². The van der Waals surface area contributed by atoms with Crippen LogP contribution in [0, 0.1) is 5.92 Å². The number of benzene rings is 1. The van der Waals surface area contributed by atoms with Gasteiger partial charge in [0.05, 0.1) is 6.26 Å². The van der Waals surface area contributed by atoms with Crippen molar-refractivity contribution in [1.82, 2.24) is 5.32 Å². The molecule has 0 aliphatic rings. The lowest BCUT2D eigenvalue weighted by Gasteiger charge is -2.20. The fourth-order valence-corrected chi connectivity index (χ4v) is 2.26. The van der Waals surface area contributed by atoms with Crippen molar-refractivity contribution < 1.29 is 4.42 Å². The molecular formula is C15H21NO. The zero-order valence-electron chi connectivity index (χ0n) is 10.9. The van der Waals surface area contributed by atoms with Crippen molar-refractivity contribution in [3.05, 3.63) is 36.1 Å². The second kappa shape index (κ2) is 5.37. The van der Waals surface area contributed by atoms with Crippen LogP contribution in [0.25, 0.3) is 11.0 Å². The Kier molecular flexibility index (Phi) is 3.85. The molecule has 2 rings (SSSR count). The van der Waals surface area contributed by atoms with E-state index in [0.29, 0.717) is 12.0 Å². The molecule has 1 heterocycles. The Morgan fingerprint density at radius 3 is 2.71 bits per heavy atom. The SMILES string of the molecule is CCC(NCc1coc2ccccc12)C(C)C. The first-order valence-electron chi connectivity index (χ1n) is 6.41. The highest BCUT2D eigenvalue weighted by molar-refractivity contribution is 5.80. The summed E-state index contributed by atoms with van der Waals surface area (Å²) in [6, 6.07) is 8.77. The van der Waals surface area contributed by atoms with Crippen LogP contribution < -0.4 is 5.32 Å². The number of nitrogens with one attached hydrogen (secondary N) is 1. The van der Waals surface area contributed by atoms with Crippen LogP contribution >= 0.6 is 0 Å². The van der Waals surface area contributed by atoms with E-state index in [1.54, 1.807) is 0 Å². The van der Waals surface area contributed by atoms with Gasteiger partial charge in [0, 0.05) is 23.5 Å². The summed E-state index contributed by atoms with van der Waals surface area (Å²) in [6.07, 6.45) is 3.03. The van der Waals surface area contributed by atoms with Crippen molar-refractivity contribution in [3.63, 3.8) is 0 Å². The van der Waals surface area contributed by atoms with Gasteiger partial charge in [0.15, 0.2) is 0 Å². The largest absolute Gasteiger partial charge is 0.464 e. The molecular weight excluding hydrogens is 210 g/mol. The van der Waals surface area contributed by atoms with E-state index in [4.69, 9.17) is 4.42 Å². The maximum absolute atomic E-state index is 5.54. The van der Waals surface area contributed by atoms with Gasteiger partial charge < -0.3 is 9.73 Å². The fraction of sp³-hybridized carbons (Fsp3) is 0.467. The molecule has 2 aromatic rings. The Balaban J connectivity index is 2.08. The molecule has 0 aliphatic carbocycles. The van der Waals surface area contributed by atoms with E-state index < -0.39 is 0 Å². The molecule has 0 saturated carbocycles. The third-order valence-corrected chi connectivity index (χ3v) is 3.36. The molecule has 0 bridgehead atoms. The molecule has 0 aliphatic heterocycles. The zero-order valence-corrected chi connectivity index (χ0v) is 10.9. The summed E-state index contributed by atoms with van der Waals surface area (Å²) in [6.45, 7) is 7.63. The van der Waals surface area contributed by atoms with E-state index in [-0.39, 0.29) is 0 Å². The van der Waals surface area contributed by atoms with Gasteiger partial charge in [-0.3, -0.25) is 0 Å². The normalized spacial score (nSPS) is 13.4. The highest BCUT2D eigenvalue weighted by atomic mass is 16.3. The summed E-state index contributed by atoms with van der Waals surface area (Å²) in [4.78, 5) is 0. The van der Waals surface area contributed by atoms with Crippen LogP contribution in [0.4, 0.5) is 0 Å². The molecule has 1 aromatic heterocycles. The number of para-hydroxylation sites is 1. The van der Waals surface area contributed by atoms with Gasteiger partial charge in [0.25, 0.3) is 0 Å². The molecule has 0 radical (unpaired) electrons. The van der Waals surface area contributed by atoms with Gasteiger partial charge in [-0.25, -0.2) is 0 Å². The monoisotopic (exact) mass is 231 g/mol. The molecule has 1 unspecified atom stereocenters. The van der Waals surface area contributed by atoms with E-state index in [9.17, 15) is 0 Å². The summed E-state index contributed by atoms with van der Waals surface area (Å²) in [5.74, 6) is 0.665. The molecule has 1 N–H and O–H groups in total. The van der Waals surface area contributed by atoms with E-state index >= 15 is 0 Å². The van der Waals surface area contributed by atoms with Crippen LogP contribution in [-0.4, -0.2) is 6.04 Å². The van der Waals surface area contributed by atoms with Crippen LogP contribution in [0.3, 0.4) is 0 Å². The summed E-state index contributed by atoms with van der Waals surface area (Å²) in [7, 11) is 0. The second-order valence-electron chi connectivity index (χ2n) is 4.90. The minimum atomic E-state index is 0.573. The highest BCUT2D eigenvalue weighted by Crippen LogP contribution is 2.20. The number of hydrogen-bond donors (Lipinski definition) is 1. The summed E-state index contributed by atoms with van der Waals surface area (Å²) < 4.78 is 5.54. The molecule has 1 aromatic carbocycles. The number of hydrogen-bond acceptors (Lipinski definition) is 2. The quantitative estimate of drug-likeness (QED) is 0.842. The van der Waals surface area contributed by atoms with Crippen molar-refractivity contribution >= 4 is 11.0 Å². The first-order valence-corrected chi connectivity index (χ1v) is 6.41. The minimum Gasteiger partial charge on any atom is -0.464 e. The molecule has 92 valence electrons. The van der Waals surface area contributed by atoms with E-state index in [2.05, 4.69) is 38.2 Å². The third kappa shape index (κ3) is 2.70. The van der Waals surface area contributed by atoms with Crippen molar-refractivity contribution in [2.75, 3.05) is 0 Å². The predicted molar refractivity (Wildman–Crippen MR) is 72.0 cm³/mol. The lowest BCUT2D eigenvalue weighted by atomic mass is 10.0. The highest BCUT2D eigenvalue weighted by Gasteiger charge is 2.11. The van der Waals surface area contributed by atoms with Crippen LogP contribution in [0.5, 0.6) is 0 Å². The number of fused-ring (bicyclic) bond motifs is 1. The molecule has 0 saturated heterocycles. The van der Waals surface area contributed by atoms with E-state index in [1.165, 1.54) is 10.9 Å². The molecule has 0 amide bonds. The number of furan rings is 1. The van der Waals surface area contributed by atoms with Gasteiger partial charge in [-0.2, -0.15) is 0 Å². The second-order valence-corrected chi connectivity index (χ2v) is 4.90. The van der Waals surface area contributed by atoms with Crippen LogP contribution in [-0.2, 0) is 6.54 Å². The van der Waals surface area contributed by atoms with Gasteiger partial charge in [0.1, 0.15) is 5.58 Å². The van der Waals surface area contributed by atoms with E-state index in [0.717, 1.165) is 18.5 Å². The summed E-state index contributed by atoms with van der Waals surface area (Å²) in [5, 5.41) is 4.82. The van der Waals surface area contributed by atoms with Crippen molar-refractivity contribution in [2.24, 2.45) is 5.92 Å². The zero-order chi connectivity index (χ0) is 12.3. The smallest absolute Gasteiger partial charge is 0.134 e. The Morgan fingerprint density at radius 2 is 2.00 bits per heavy atom. The standard InChI is InChI=1S/C15H21NO/c1-4-14(11(2)3)16-9-12-10-17-15-8-6-5-7-13(12)15/h5-8,10-11,14,16H,4,9H2,1-3H3. The molecule has 2 heteroatoms. The Hall–Kier alpha value is -1.28. The van der Waals surface area contributed by atoms with Crippen molar-refractivity contribution in [1.29, 1.82) is 0 Å². The Labute approximate surface area is 103 Å². The Bertz CT molecular complexity index is 472. The average molecular weight is 231 g/mol. The first kappa shape index (κ1) is 12.2. The Morgan fingerprint density at radius 1 is 1.24 bits per heavy atom. The van der Waals surface area contributed by atoms with Crippen LogP contribution in [0.2, 0.25) is 0 Å². The van der Waals surface area contributed by atoms with Gasteiger partial charge in [-0.05, 0) is 18.4 Å². The predicted octanol–water partition coefficient (Wildman–Crippen LogP) is 3.96. The molecule has 0 fully saturated rings. The summed E-state index contributed by atoms with van der Waals surface area (Å²) >= 11 is 0. The maximum atomic E-state index is 5.54. The number of rotatable bonds is 5. The minimum absolute atomic E-state index is 0.573. The van der Waals surface area contributed by atoms with Crippen LogP contribution in [0.1, 0.15) is 32.8 Å². The van der Waals surface area contributed by atoms with Crippen LogP contribution in [0.15, 0.2) is 34.9 Å².